The Bertz CT molecular complexity index is 1150. The lowest BCUT2D eigenvalue weighted by Crippen LogP contribution is -2.31. The number of fused-ring (bicyclic) bond motifs is 1. The van der Waals surface area contributed by atoms with Crippen LogP contribution >= 0.6 is 0 Å². The topological polar surface area (TPSA) is 47.2 Å². The molecule has 4 heteroatoms. The highest BCUT2D eigenvalue weighted by atomic mass is 16.3. The monoisotopic (exact) mass is 398 g/mol. The summed E-state index contributed by atoms with van der Waals surface area (Å²) < 4.78 is 7.79. The summed E-state index contributed by atoms with van der Waals surface area (Å²) in [6.07, 6.45) is 4.75. The Balaban J connectivity index is 1.66. The molecule has 0 unspecified atom stereocenters. The van der Waals surface area contributed by atoms with Crippen molar-refractivity contribution in [2.45, 2.75) is 32.9 Å². The van der Waals surface area contributed by atoms with Crippen molar-refractivity contribution in [1.82, 2.24) is 9.88 Å². The van der Waals surface area contributed by atoms with Crippen molar-refractivity contribution in [2.75, 3.05) is 0 Å². The van der Waals surface area contributed by atoms with E-state index in [2.05, 4.69) is 29.6 Å². The van der Waals surface area contributed by atoms with Crippen molar-refractivity contribution in [2.24, 2.45) is 0 Å². The number of hydrogen-bond donors (Lipinski definition) is 1. The van der Waals surface area contributed by atoms with E-state index in [1.54, 1.807) is 0 Å². The molecule has 4 nitrogen and oxygen atoms in total. The molecule has 0 radical (unpaired) electrons. The number of allylic oxidation sites excluding steroid dienone is 2. The van der Waals surface area contributed by atoms with E-state index in [4.69, 9.17) is 4.42 Å². The van der Waals surface area contributed by atoms with E-state index >= 15 is 0 Å². The maximum absolute atomic E-state index is 13.4. The molecule has 4 rings (SSSR count). The van der Waals surface area contributed by atoms with Gasteiger partial charge in [0.05, 0.1) is 11.6 Å². The molecule has 0 fully saturated rings. The fourth-order valence-corrected chi connectivity index (χ4v) is 3.78. The Morgan fingerprint density at radius 2 is 1.77 bits per heavy atom. The van der Waals surface area contributed by atoms with Crippen LogP contribution in [0.3, 0.4) is 0 Å². The minimum Gasteiger partial charge on any atom is -0.460 e. The maximum atomic E-state index is 13.4. The first-order chi connectivity index (χ1) is 14.7. The Morgan fingerprint density at radius 1 is 1.07 bits per heavy atom. The molecule has 0 aliphatic carbocycles. The molecule has 2 aromatic heterocycles. The highest BCUT2D eigenvalue weighted by Gasteiger charge is 2.21. The summed E-state index contributed by atoms with van der Waals surface area (Å²) in [5, 5.41) is 3.25. The number of furan rings is 1. The van der Waals surface area contributed by atoms with Gasteiger partial charge in [0.1, 0.15) is 11.5 Å². The first-order valence-electron chi connectivity index (χ1n) is 10.3. The van der Waals surface area contributed by atoms with Gasteiger partial charge in [-0.15, -0.1) is 0 Å². The van der Waals surface area contributed by atoms with Crippen LogP contribution in [0.2, 0.25) is 0 Å². The van der Waals surface area contributed by atoms with Crippen LogP contribution in [0.15, 0.2) is 89.4 Å². The Labute approximate surface area is 176 Å². The molecule has 0 aliphatic rings. The first-order valence-corrected chi connectivity index (χ1v) is 10.3. The number of rotatable bonds is 7. The third-order valence-electron chi connectivity index (χ3n) is 5.26. The average molecular weight is 399 g/mol. The normalized spacial score (nSPS) is 12.5. The summed E-state index contributed by atoms with van der Waals surface area (Å²) in [5.41, 5.74) is 4.55. The van der Waals surface area contributed by atoms with Gasteiger partial charge in [0.25, 0.3) is 5.91 Å². The second kappa shape index (κ2) is 8.87. The molecular weight excluding hydrogens is 372 g/mol. The van der Waals surface area contributed by atoms with Crippen LogP contribution in [-0.4, -0.2) is 10.5 Å². The molecule has 0 bridgehead atoms. The minimum absolute atomic E-state index is 0.103. The highest BCUT2D eigenvalue weighted by Crippen LogP contribution is 2.25. The van der Waals surface area contributed by atoms with Crippen LogP contribution in [0.25, 0.3) is 11.1 Å². The van der Waals surface area contributed by atoms with Crippen molar-refractivity contribution in [1.29, 1.82) is 0 Å². The van der Waals surface area contributed by atoms with Gasteiger partial charge in [-0.3, -0.25) is 4.79 Å². The largest absolute Gasteiger partial charge is 0.460 e. The summed E-state index contributed by atoms with van der Waals surface area (Å²) in [5.74, 6) is 0.737. The number of carbonyl (C=O) groups is 1. The van der Waals surface area contributed by atoms with Gasteiger partial charge in [0.2, 0.25) is 0 Å². The maximum Gasteiger partial charge on any atom is 0.268 e. The van der Waals surface area contributed by atoms with Crippen LogP contribution in [0.1, 0.15) is 40.3 Å². The number of hydrogen-bond acceptors (Lipinski definition) is 2. The number of carbonyl (C=O) groups excluding carboxylic acids is 1. The fourth-order valence-electron chi connectivity index (χ4n) is 3.78. The van der Waals surface area contributed by atoms with Crippen LogP contribution in [0.4, 0.5) is 0 Å². The van der Waals surface area contributed by atoms with Crippen LogP contribution in [0, 0.1) is 6.92 Å². The van der Waals surface area contributed by atoms with E-state index in [-0.39, 0.29) is 11.9 Å². The van der Waals surface area contributed by atoms with E-state index < -0.39 is 0 Å². The third kappa shape index (κ3) is 4.23. The van der Waals surface area contributed by atoms with Gasteiger partial charge in [0.15, 0.2) is 5.58 Å². The Hall–Kier alpha value is -3.53. The number of aryl methyl sites for hydroxylation is 1. The fraction of sp³-hybridized carbons (Fsp3) is 0.192. The zero-order valence-electron chi connectivity index (χ0n) is 17.3. The summed E-state index contributed by atoms with van der Waals surface area (Å²) >= 11 is 0. The van der Waals surface area contributed by atoms with E-state index in [0.717, 1.165) is 28.8 Å². The molecule has 2 aromatic carbocycles. The van der Waals surface area contributed by atoms with Gasteiger partial charge in [-0.2, -0.15) is 0 Å². The number of aromatic nitrogens is 1. The highest BCUT2D eigenvalue weighted by molar-refractivity contribution is 5.98. The van der Waals surface area contributed by atoms with E-state index in [1.165, 1.54) is 5.56 Å². The molecule has 1 atom stereocenters. The average Bonchev–Trinajstić information content (AvgIpc) is 3.29. The molecule has 30 heavy (non-hydrogen) atoms. The van der Waals surface area contributed by atoms with Crippen molar-refractivity contribution in [3.8, 4) is 0 Å². The van der Waals surface area contributed by atoms with Crippen molar-refractivity contribution in [3.63, 3.8) is 0 Å². The van der Waals surface area contributed by atoms with Crippen molar-refractivity contribution in [3.05, 3.63) is 108 Å². The molecule has 0 aliphatic heterocycles. The Morgan fingerprint density at radius 3 is 2.47 bits per heavy atom. The van der Waals surface area contributed by atoms with Crippen LogP contribution < -0.4 is 5.32 Å². The van der Waals surface area contributed by atoms with Crippen molar-refractivity contribution < 1.29 is 9.21 Å². The SMILES string of the molecule is C/C=C\Cn1c(C(=O)N[C@@H](Cc2ccccc2)c2ccccc2)cc2oc(C)cc21. The lowest BCUT2D eigenvalue weighted by molar-refractivity contribution is 0.0928. The van der Waals surface area contributed by atoms with Gasteiger partial charge in [-0.25, -0.2) is 0 Å². The quantitative estimate of drug-likeness (QED) is 0.398. The molecule has 152 valence electrons. The van der Waals surface area contributed by atoms with E-state index in [0.29, 0.717) is 12.2 Å². The van der Waals surface area contributed by atoms with Gasteiger partial charge < -0.3 is 14.3 Å². The van der Waals surface area contributed by atoms with E-state index in [1.807, 2.05) is 79.1 Å². The predicted octanol–water partition coefficient (Wildman–Crippen LogP) is 5.83. The van der Waals surface area contributed by atoms with Crippen LogP contribution in [0.5, 0.6) is 0 Å². The molecule has 1 amide bonds. The number of nitrogens with zero attached hydrogens (tertiary/aromatic N) is 1. The summed E-state index contributed by atoms with van der Waals surface area (Å²) in [7, 11) is 0. The molecule has 4 aromatic rings. The minimum atomic E-state index is -0.126. The molecule has 1 N–H and O–H groups in total. The standard InChI is InChI=1S/C26H26N2O2/c1-3-4-15-28-23-16-19(2)30-25(23)18-24(28)26(29)27-22(21-13-9-6-10-14-21)17-20-11-7-5-8-12-20/h3-14,16,18,22H,15,17H2,1-2H3,(H,27,29)/b4-3-/t22-/m0/s1. The molecule has 0 saturated carbocycles. The second-order valence-electron chi connectivity index (χ2n) is 7.44. The second-order valence-corrected chi connectivity index (χ2v) is 7.44. The van der Waals surface area contributed by atoms with Crippen molar-refractivity contribution >= 4 is 17.0 Å². The summed E-state index contributed by atoms with van der Waals surface area (Å²) in [6, 6.07) is 24.0. The predicted molar refractivity (Wildman–Crippen MR) is 121 cm³/mol. The molecule has 0 saturated heterocycles. The van der Waals surface area contributed by atoms with Gasteiger partial charge in [-0.05, 0) is 31.4 Å². The first kappa shape index (κ1) is 19.8. The van der Waals surface area contributed by atoms with E-state index in [9.17, 15) is 4.79 Å². The summed E-state index contributed by atoms with van der Waals surface area (Å²) in [6.45, 7) is 4.52. The number of benzene rings is 2. The van der Waals surface area contributed by atoms with Gasteiger partial charge in [-0.1, -0.05) is 72.8 Å². The molecular formula is C26H26N2O2. The Kier molecular flexibility index (Phi) is 5.84. The lowest BCUT2D eigenvalue weighted by atomic mass is 9.98. The van der Waals surface area contributed by atoms with Gasteiger partial charge in [0, 0.05) is 18.7 Å². The molecule has 0 spiro atoms. The lowest BCUT2D eigenvalue weighted by Gasteiger charge is -2.20. The molecule has 2 heterocycles. The number of amides is 1. The zero-order chi connectivity index (χ0) is 20.9. The van der Waals surface area contributed by atoms with Gasteiger partial charge >= 0.3 is 0 Å². The zero-order valence-corrected chi connectivity index (χ0v) is 17.3. The van der Waals surface area contributed by atoms with Crippen LogP contribution in [-0.2, 0) is 13.0 Å². The number of nitrogens with one attached hydrogen (secondary N) is 1. The summed E-state index contributed by atoms with van der Waals surface area (Å²) in [4.78, 5) is 13.4. The third-order valence-corrected chi connectivity index (χ3v) is 5.26. The smallest absolute Gasteiger partial charge is 0.268 e.